The minimum absolute atomic E-state index is 0.315. The van der Waals surface area contributed by atoms with Crippen molar-refractivity contribution >= 4 is 11.6 Å². The summed E-state index contributed by atoms with van der Waals surface area (Å²) in [4.78, 5) is 2.36. The molecule has 0 amide bonds. The van der Waals surface area contributed by atoms with Crippen LogP contribution < -0.4 is 14.8 Å². The van der Waals surface area contributed by atoms with E-state index in [4.69, 9.17) is 21.1 Å². The summed E-state index contributed by atoms with van der Waals surface area (Å²) in [5.41, 5.74) is 1.12. The van der Waals surface area contributed by atoms with Gasteiger partial charge in [0.25, 0.3) is 0 Å². The average molecular weight is 299 g/mol. The Balaban J connectivity index is 2.40. The van der Waals surface area contributed by atoms with Crippen molar-refractivity contribution in [2.45, 2.75) is 12.5 Å². The number of nitrogens with zero attached hydrogens (tertiary/aromatic N) is 1. The van der Waals surface area contributed by atoms with Crippen LogP contribution in [0.5, 0.6) is 11.5 Å². The zero-order valence-corrected chi connectivity index (χ0v) is 13.3. The summed E-state index contributed by atoms with van der Waals surface area (Å²) in [7, 11) is 7.38. The van der Waals surface area contributed by atoms with Crippen molar-refractivity contribution in [2.24, 2.45) is 5.92 Å². The molecule has 2 unspecified atom stereocenters. The SMILES string of the molecule is CNCC1CCN(C)C1c1ccc(OC)c(OC)c1Cl. The Bertz CT molecular complexity index is 465. The lowest BCUT2D eigenvalue weighted by Gasteiger charge is -2.27. The Kier molecular flexibility index (Phi) is 5.13. The van der Waals surface area contributed by atoms with E-state index in [1.54, 1.807) is 14.2 Å². The fourth-order valence-electron chi connectivity index (χ4n) is 3.13. The first kappa shape index (κ1) is 15.4. The van der Waals surface area contributed by atoms with Crippen molar-refractivity contribution in [2.75, 3.05) is 41.4 Å². The van der Waals surface area contributed by atoms with Gasteiger partial charge in [-0.25, -0.2) is 0 Å². The minimum atomic E-state index is 0.315. The van der Waals surface area contributed by atoms with Crippen molar-refractivity contribution in [3.8, 4) is 11.5 Å². The number of methoxy groups -OCH3 is 2. The minimum Gasteiger partial charge on any atom is -0.493 e. The normalized spacial score (nSPS) is 23.1. The van der Waals surface area contributed by atoms with Crippen LogP contribution in [0, 0.1) is 5.92 Å². The molecular formula is C15H23ClN2O2. The number of hydrogen-bond acceptors (Lipinski definition) is 4. The van der Waals surface area contributed by atoms with Gasteiger partial charge in [0.1, 0.15) is 0 Å². The van der Waals surface area contributed by atoms with Crippen molar-refractivity contribution in [3.63, 3.8) is 0 Å². The molecule has 0 saturated carbocycles. The summed E-state index contributed by atoms with van der Waals surface area (Å²) in [5.74, 6) is 1.85. The van der Waals surface area contributed by atoms with Gasteiger partial charge in [-0.15, -0.1) is 0 Å². The maximum Gasteiger partial charge on any atom is 0.179 e. The molecule has 1 N–H and O–H groups in total. The molecule has 2 atom stereocenters. The number of rotatable bonds is 5. The van der Waals surface area contributed by atoms with Gasteiger partial charge in [0.05, 0.1) is 19.2 Å². The van der Waals surface area contributed by atoms with Gasteiger partial charge < -0.3 is 14.8 Å². The number of ether oxygens (including phenoxy) is 2. The van der Waals surface area contributed by atoms with E-state index in [0.717, 1.165) is 18.7 Å². The van der Waals surface area contributed by atoms with Gasteiger partial charge >= 0.3 is 0 Å². The number of likely N-dealkylation sites (tertiary alicyclic amines) is 1. The van der Waals surface area contributed by atoms with Crippen molar-refractivity contribution in [1.29, 1.82) is 0 Å². The van der Waals surface area contributed by atoms with Crippen LogP contribution in [0.25, 0.3) is 0 Å². The van der Waals surface area contributed by atoms with Crippen molar-refractivity contribution in [3.05, 3.63) is 22.7 Å². The number of hydrogen-bond donors (Lipinski definition) is 1. The van der Waals surface area contributed by atoms with E-state index in [1.165, 1.54) is 6.42 Å². The van der Waals surface area contributed by atoms with E-state index >= 15 is 0 Å². The third kappa shape index (κ3) is 2.73. The fraction of sp³-hybridized carbons (Fsp3) is 0.600. The molecule has 2 rings (SSSR count). The van der Waals surface area contributed by atoms with Gasteiger partial charge in [-0.05, 0) is 51.2 Å². The Morgan fingerprint density at radius 2 is 2.10 bits per heavy atom. The first-order valence-electron chi connectivity index (χ1n) is 6.89. The largest absolute Gasteiger partial charge is 0.493 e. The van der Waals surface area contributed by atoms with E-state index in [-0.39, 0.29) is 0 Å². The van der Waals surface area contributed by atoms with Gasteiger partial charge in [0.2, 0.25) is 0 Å². The number of nitrogens with one attached hydrogen (secondary N) is 1. The third-order valence-corrected chi connectivity index (χ3v) is 4.46. The molecule has 1 aliphatic heterocycles. The molecule has 1 saturated heterocycles. The molecule has 0 radical (unpaired) electrons. The Morgan fingerprint density at radius 1 is 1.35 bits per heavy atom. The monoisotopic (exact) mass is 298 g/mol. The Morgan fingerprint density at radius 3 is 2.70 bits per heavy atom. The molecule has 1 heterocycles. The highest BCUT2D eigenvalue weighted by atomic mass is 35.5. The summed E-state index contributed by atoms with van der Waals surface area (Å²) in [6.45, 7) is 2.07. The molecule has 1 aromatic rings. The zero-order chi connectivity index (χ0) is 14.7. The maximum atomic E-state index is 6.55. The molecule has 4 nitrogen and oxygen atoms in total. The second kappa shape index (κ2) is 6.66. The van der Waals surface area contributed by atoms with Gasteiger partial charge in [-0.3, -0.25) is 4.90 Å². The lowest BCUT2D eigenvalue weighted by Crippen LogP contribution is -2.27. The van der Waals surface area contributed by atoms with Crippen LogP contribution in [-0.2, 0) is 0 Å². The molecule has 0 bridgehead atoms. The highest BCUT2D eigenvalue weighted by Crippen LogP contribution is 2.45. The lowest BCUT2D eigenvalue weighted by atomic mass is 9.93. The van der Waals surface area contributed by atoms with Gasteiger partial charge in [0, 0.05) is 6.04 Å². The highest BCUT2D eigenvalue weighted by molar-refractivity contribution is 6.33. The molecule has 0 aliphatic carbocycles. The predicted molar refractivity (Wildman–Crippen MR) is 82.0 cm³/mol. The molecule has 1 fully saturated rings. The topological polar surface area (TPSA) is 33.7 Å². The van der Waals surface area contributed by atoms with Crippen LogP contribution in [0.3, 0.4) is 0 Å². The summed E-state index contributed by atoms with van der Waals surface area (Å²) in [6.07, 6.45) is 1.17. The molecule has 112 valence electrons. The van der Waals surface area contributed by atoms with Gasteiger partial charge in [0.15, 0.2) is 11.5 Å². The Hall–Kier alpha value is -0.970. The molecular weight excluding hydrogens is 276 g/mol. The van der Waals surface area contributed by atoms with Crippen LogP contribution in [0.15, 0.2) is 12.1 Å². The summed E-state index contributed by atoms with van der Waals surface area (Å²) >= 11 is 6.55. The summed E-state index contributed by atoms with van der Waals surface area (Å²) < 4.78 is 10.7. The summed E-state index contributed by atoms with van der Waals surface area (Å²) in [6, 6.07) is 4.30. The third-order valence-electron chi connectivity index (χ3n) is 4.07. The molecule has 5 heteroatoms. The molecule has 0 spiro atoms. The van der Waals surface area contributed by atoms with Crippen LogP contribution in [-0.4, -0.2) is 46.3 Å². The summed E-state index contributed by atoms with van der Waals surface area (Å²) in [5, 5.41) is 3.93. The molecule has 0 aromatic heterocycles. The van der Waals surface area contributed by atoms with Gasteiger partial charge in [-0.2, -0.15) is 0 Å². The molecule has 20 heavy (non-hydrogen) atoms. The highest BCUT2D eigenvalue weighted by Gasteiger charge is 2.34. The fourth-order valence-corrected chi connectivity index (χ4v) is 3.47. The second-order valence-electron chi connectivity index (χ2n) is 5.24. The van der Waals surface area contributed by atoms with Crippen LogP contribution >= 0.6 is 11.6 Å². The van der Waals surface area contributed by atoms with Crippen LogP contribution in [0.4, 0.5) is 0 Å². The predicted octanol–water partition coefficient (Wildman–Crippen LogP) is 2.57. The van der Waals surface area contributed by atoms with Crippen LogP contribution in [0.2, 0.25) is 5.02 Å². The quantitative estimate of drug-likeness (QED) is 0.906. The van der Waals surface area contributed by atoms with E-state index in [2.05, 4.69) is 23.3 Å². The molecule has 1 aliphatic rings. The lowest BCUT2D eigenvalue weighted by molar-refractivity contribution is 0.273. The first-order chi connectivity index (χ1) is 9.63. The molecule has 1 aromatic carbocycles. The zero-order valence-electron chi connectivity index (χ0n) is 12.6. The van der Waals surface area contributed by atoms with Crippen LogP contribution in [0.1, 0.15) is 18.0 Å². The van der Waals surface area contributed by atoms with Crippen molar-refractivity contribution < 1.29 is 9.47 Å². The number of halogens is 1. The number of benzene rings is 1. The van der Waals surface area contributed by atoms with Crippen molar-refractivity contribution in [1.82, 2.24) is 10.2 Å². The Labute approximate surface area is 126 Å². The van der Waals surface area contributed by atoms with Gasteiger partial charge in [-0.1, -0.05) is 17.7 Å². The maximum absolute atomic E-state index is 6.55. The first-order valence-corrected chi connectivity index (χ1v) is 7.27. The van der Waals surface area contributed by atoms with E-state index in [9.17, 15) is 0 Å². The van der Waals surface area contributed by atoms with E-state index in [1.807, 2.05) is 13.1 Å². The smallest absolute Gasteiger partial charge is 0.179 e. The average Bonchev–Trinajstić information content (AvgIpc) is 2.80. The second-order valence-corrected chi connectivity index (χ2v) is 5.61. The standard InChI is InChI=1S/C15H23ClN2O2/c1-17-9-10-7-8-18(2)14(10)11-5-6-12(19-3)15(20-4)13(11)16/h5-6,10,14,17H,7-9H2,1-4H3. The van der Waals surface area contributed by atoms with E-state index < -0.39 is 0 Å². The van der Waals surface area contributed by atoms with E-state index in [0.29, 0.717) is 28.5 Å².